The molecule has 0 spiro atoms. The molecule has 168 valence electrons. The van der Waals surface area contributed by atoms with E-state index in [4.69, 9.17) is 14.2 Å². The maximum absolute atomic E-state index is 12.3. The topological polar surface area (TPSA) is 68.8 Å². The molecule has 32 heavy (non-hydrogen) atoms. The molecule has 3 rings (SSSR count). The second-order valence-corrected chi connectivity index (χ2v) is 7.67. The fraction of sp³-hybridized carbons (Fsp3) is 0.269. The lowest BCUT2D eigenvalue weighted by Crippen LogP contribution is -2.21. The number of amides is 1. The number of hydrogen-bond acceptors (Lipinski definition) is 5. The van der Waals surface area contributed by atoms with Crippen molar-refractivity contribution in [1.82, 2.24) is 0 Å². The molecular weight excluding hydrogens is 404 g/mol. The van der Waals surface area contributed by atoms with Crippen molar-refractivity contribution in [3.8, 4) is 17.2 Å². The first-order chi connectivity index (χ1) is 15.6. The summed E-state index contributed by atoms with van der Waals surface area (Å²) >= 11 is 0. The van der Waals surface area contributed by atoms with Gasteiger partial charge in [0, 0.05) is 17.4 Å². The van der Waals surface area contributed by atoms with Crippen molar-refractivity contribution < 1.29 is 19.0 Å². The fourth-order valence-electron chi connectivity index (χ4n) is 2.82. The highest BCUT2D eigenvalue weighted by molar-refractivity contribution is 5.93. The number of para-hydroxylation sites is 1. The molecule has 6 nitrogen and oxygen atoms in total. The zero-order valence-electron chi connectivity index (χ0n) is 18.5. The van der Waals surface area contributed by atoms with Crippen molar-refractivity contribution in [3.05, 3.63) is 78.9 Å². The average molecular weight is 435 g/mol. The Balaban J connectivity index is 1.39. The molecule has 0 aliphatic carbocycles. The Morgan fingerprint density at radius 1 is 0.750 bits per heavy atom. The molecule has 0 atom stereocenters. The van der Waals surface area contributed by atoms with Crippen molar-refractivity contribution in [2.24, 2.45) is 5.92 Å². The zero-order chi connectivity index (χ0) is 22.6. The molecule has 3 aromatic carbocycles. The third-order valence-electron chi connectivity index (χ3n) is 4.37. The lowest BCUT2D eigenvalue weighted by atomic mass is 10.2. The summed E-state index contributed by atoms with van der Waals surface area (Å²) in [6.07, 6.45) is 0. The van der Waals surface area contributed by atoms with Crippen LogP contribution in [-0.4, -0.2) is 32.3 Å². The highest BCUT2D eigenvalue weighted by atomic mass is 16.5. The van der Waals surface area contributed by atoms with Gasteiger partial charge in [0.1, 0.15) is 30.5 Å². The van der Waals surface area contributed by atoms with Gasteiger partial charge in [-0.05, 0) is 54.4 Å². The van der Waals surface area contributed by atoms with E-state index in [1.165, 1.54) is 0 Å². The summed E-state index contributed by atoms with van der Waals surface area (Å²) in [4.78, 5) is 12.3. The normalized spacial score (nSPS) is 10.5. The van der Waals surface area contributed by atoms with Crippen molar-refractivity contribution >= 4 is 17.3 Å². The summed E-state index contributed by atoms with van der Waals surface area (Å²) in [5.74, 6) is 2.63. The summed E-state index contributed by atoms with van der Waals surface area (Å²) in [6, 6.07) is 24.5. The predicted molar refractivity (Wildman–Crippen MR) is 128 cm³/mol. The van der Waals surface area contributed by atoms with E-state index in [0.29, 0.717) is 37.2 Å². The molecule has 0 fully saturated rings. The summed E-state index contributed by atoms with van der Waals surface area (Å²) < 4.78 is 17.0. The van der Waals surface area contributed by atoms with E-state index in [2.05, 4.69) is 24.5 Å². The van der Waals surface area contributed by atoms with Gasteiger partial charge in [-0.2, -0.15) is 0 Å². The Morgan fingerprint density at radius 2 is 1.41 bits per heavy atom. The zero-order valence-corrected chi connectivity index (χ0v) is 18.5. The lowest BCUT2D eigenvalue weighted by Gasteiger charge is -2.12. The van der Waals surface area contributed by atoms with E-state index in [-0.39, 0.29) is 12.5 Å². The van der Waals surface area contributed by atoms with Gasteiger partial charge in [0.25, 0.3) is 0 Å². The van der Waals surface area contributed by atoms with Crippen LogP contribution in [0, 0.1) is 5.92 Å². The Labute approximate surface area is 189 Å². The third kappa shape index (κ3) is 8.22. The molecular formula is C26H30N2O4. The van der Waals surface area contributed by atoms with E-state index < -0.39 is 0 Å². The quantitative estimate of drug-likeness (QED) is 0.382. The molecule has 0 aromatic heterocycles. The van der Waals surface area contributed by atoms with E-state index in [1.54, 1.807) is 6.07 Å². The van der Waals surface area contributed by atoms with Gasteiger partial charge >= 0.3 is 0 Å². The molecule has 1 amide bonds. The molecule has 0 saturated heterocycles. The minimum atomic E-state index is -0.144. The maximum Gasteiger partial charge on any atom is 0.243 e. The summed E-state index contributed by atoms with van der Waals surface area (Å²) in [5.41, 5.74) is 1.53. The smallest absolute Gasteiger partial charge is 0.243 e. The van der Waals surface area contributed by atoms with Crippen molar-refractivity contribution in [3.63, 3.8) is 0 Å². The van der Waals surface area contributed by atoms with Crippen LogP contribution < -0.4 is 24.8 Å². The van der Waals surface area contributed by atoms with Crippen LogP contribution in [0.25, 0.3) is 0 Å². The van der Waals surface area contributed by atoms with Crippen LogP contribution in [0.2, 0.25) is 0 Å². The van der Waals surface area contributed by atoms with Crippen LogP contribution in [0.15, 0.2) is 78.9 Å². The number of carbonyl (C=O) groups is 1. The van der Waals surface area contributed by atoms with E-state index >= 15 is 0 Å². The molecule has 0 radical (unpaired) electrons. The van der Waals surface area contributed by atoms with Crippen molar-refractivity contribution in [2.45, 2.75) is 13.8 Å². The first-order valence-corrected chi connectivity index (χ1v) is 10.8. The Kier molecular flexibility index (Phi) is 8.80. The monoisotopic (exact) mass is 434 g/mol. The Bertz CT molecular complexity index is 959. The minimum absolute atomic E-state index is 0.144. The first kappa shape index (κ1) is 23.0. The van der Waals surface area contributed by atoms with E-state index in [9.17, 15) is 4.79 Å². The highest BCUT2D eigenvalue weighted by Crippen LogP contribution is 2.18. The predicted octanol–water partition coefficient (Wildman–Crippen LogP) is 5.23. The fourth-order valence-corrected chi connectivity index (χ4v) is 2.82. The molecule has 0 aliphatic heterocycles. The van der Waals surface area contributed by atoms with Gasteiger partial charge in [0.05, 0.1) is 13.2 Å². The highest BCUT2D eigenvalue weighted by Gasteiger charge is 2.05. The van der Waals surface area contributed by atoms with Gasteiger partial charge in [0.2, 0.25) is 5.91 Å². The van der Waals surface area contributed by atoms with Gasteiger partial charge in [-0.25, -0.2) is 0 Å². The molecule has 0 unspecified atom stereocenters. The number of hydrogen-bond donors (Lipinski definition) is 2. The second kappa shape index (κ2) is 12.2. The van der Waals surface area contributed by atoms with Crippen LogP contribution in [0.4, 0.5) is 11.4 Å². The molecule has 0 saturated carbocycles. The van der Waals surface area contributed by atoms with Crippen LogP contribution in [0.1, 0.15) is 13.8 Å². The minimum Gasteiger partial charge on any atom is -0.493 e. The third-order valence-corrected chi connectivity index (χ3v) is 4.37. The molecule has 3 aromatic rings. The van der Waals surface area contributed by atoms with Crippen LogP contribution in [-0.2, 0) is 4.79 Å². The first-order valence-electron chi connectivity index (χ1n) is 10.8. The maximum atomic E-state index is 12.3. The van der Waals surface area contributed by atoms with Gasteiger partial charge in [-0.1, -0.05) is 38.1 Å². The van der Waals surface area contributed by atoms with Gasteiger partial charge < -0.3 is 24.8 Å². The molecule has 0 aliphatic rings. The number of carbonyl (C=O) groups excluding carboxylic acids is 1. The number of nitrogens with one attached hydrogen (secondary N) is 2. The lowest BCUT2D eigenvalue weighted by molar-refractivity contribution is -0.114. The van der Waals surface area contributed by atoms with E-state index in [0.717, 1.165) is 17.2 Å². The summed E-state index contributed by atoms with van der Waals surface area (Å²) in [6.45, 7) is 5.89. The Hall–Kier alpha value is -3.67. The van der Waals surface area contributed by atoms with Crippen LogP contribution in [0.3, 0.4) is 0 Å². The molecule has 6 heteroatoms. The molecule has 0 heterocycles. The number of anilines is 2. The number of benzene rings is 3. The number of rotatable bonds is 12. The SMILES string of the molecule is CC(C)COc1ccc(NCC(=O)Nc2cccc(OCCOc3ccccc3)c2)cc1. The average Bonchev–Trinajstić information content (AvgIpc) is 2.81. The largest absolute Gasteiger partial charge is 0.493 e. The summed E-state index contributed by atoms with van der Waals surface area (Å²) in [5, 5.41) is 5.99. The number of ether oxygens (including phenoxy) is 3. The van der Waals surface area contributed by atoms with Crippen molar-refractivity contribution in [2.75, 3.05) is 37.0 Å². The second-order valence-electron chi connectivity index (χ2n) is 7.67. The van der Waals surface area contributed by atoms with E-state index in [1.807, 2.05) is 72.8 Å². The van der Waals surface area contributed by atoms with Gasteiger partial charge in [-0.15, -0.1) is 0 Å². The standard InChI is InChI=1S/C26H30N2O4/c1-20(2)19-32-24-13-11-21(12-14-24)27-18-26(29)28-22-7-6-10-25(17-22)31-16-15-30-23-8-4-3-5-9-23/h3-14,17,20,27H,15-16,18-19H2,1-2H3,(H,28,29). The van der Waals surface area contributed by atoms with Gasteiger partial charge in [0.15, 0.2) is 0 Å². The molecule has 0 bridgehead atoms. The Morgan fingerprint density at radius 3 is 2.12 bits per heavy atom. The van der Waals surface area contributed by atoms with Crippen LogP contribution in [0.5, 0.6) is 17.2 Å². The van der Waals surface area contributed by atoms with Crippen molar-refractivity contribution in [1.29, 1.82) is 0 Å². The summed E-state index contributed by atoms with van der Waals surface area (Å²) in [7, 11) is 0. The molecule has 2 N–H and O–H groups in total. The van der Waals surface area contributed by atoms with Crippen LogP contribution >= 0.6 is 0 Å². The van der Waals surface area contributed by atoms with Gasteiger partial charge in [-0.3, -0.25) is 4.79 Å².